The number of nitrogens with zero attached hydrogens (tertiary/aromatic N) is 3. The van der Waals surface area contributed by atoms with Crippen molar-refractivity contribution >= 4 is 11.3 Å². The molecule has 0 bridgehead atoms. The Morgan fingerprint density at radius 1 is 1.44 bits per heavy atom. The van der Waals surface area contributed by atoms with E-state index in [0.29, 0.717) is 5.92 Å². The largest absolute Gasteiger partial charge is 0.297 e. The van der Waals surface area contributed by atoms with Gasteiger partial charge in [0.15, 0.2) is 0 Å². The van der Waals surface area contributed by atoms with Crippen LogP contribution in [-0.2, 0) is 6.54 Å². The minimum atomic E-state index is 0.346. The van der Waals surface area contributed by atoms with Crippen LogP contribution in [-0.4, -0.2) is 23.0 Å². The lowest BCUT2D eigenvalue weighted by Crippen LogP contribution is -2.18. The van der Waals surface area contributed by atoms with Crippen LogP contribution in [0.1, 0.15) is 48.2 Å². The molecule has 0 amide bonds. The number of rotatable bonds is 3. The first-order valence-electron chi connectivity index (χ1n) is 5.82. The SMILES string of the molecule is CC(C)c1nc(CN2CCCC2)sc1C#N. The maximum absolute atomic E-state index is 9.05. The van der Waals surface area contributed by atoms with Crippen molar-refractivity contribution in [3.63, 3.8) is 0 Å². The molecular weight excluding hydrogens is 218 g/mol. The van der Waals surface area contributed by atoms with Crippen LogP contribution in [0, 0.1) is 11.3 Å². The molecule has 0 N–H and O–H groups in total. The number of thiazole rings is 1. The van der Waals surface area contributed by atoms with Crippen LogP contribution in [0.3, 0.4) is 0 Å². The number of aromatic nitrogens is 1. The Bertz CT molecular complexity index is 397. The fourth-order valence-corrected chi connectivity index (χ4v) is 3.11. The van der Waals surface area contributed by atoms with Gasteiger partial charge in [0.2, 0.25) is 0 Å². The zero-order valence-corrected chi connectivity index (χ0v) is 10.7. The highest BCUT2D eigenvalue weighted by molar-refractivity contribution is 7.12. The smallest absolute Gasteiger partial charge is 0.128 e. The molecule has 0 aromatic carbocycles. The van der Waals surface area contributed by atoms with E-state index >= 15 is 0 Å². The van der Waals surface area contributed by atoms with Crippen LogP contribution in [0.25, 0.3) is 0 Å². The molecule has 0 saturated carbocycles. The second-order valence-electron chi connectivity index (χ2n) is 4.57. The average molecular weight is 235 g/mol. The van der Waals surface area contributed by atoms with Gasteiger partial charge in [-0.3, -0.25) is 4.90 Å². The fraction of sp³-hybridized carbons (Fsp3) is 0.667. The Labute approximate surface area is 101 Å². The van der Waals surface area contributed by atoms with E-state index in [9.17, 15) is 0 Å². The highest BCUT2D eigenvalue weighted by atomic mass is 32.1. The topological polar surface area (TPSA) is 39.9 Å². The van der Waals surface area contributed by atoms with Crippen molar-refractivity contribution in [3.05, 3.63) is 15.6 Å². The number of hydrogen-bond acceptors (Lipinski definition) is 4. The molecular formula is C12H17N3S. The maximum Gasteiger partial charge on any atom is 0.128 e. The minimum absolute atomic E-state index is 0.346. The van der Waals surface area contributed by atoms with Gasteiger partial charge >= 0.3 is 0 Å². The summed E-state index contributed by atoms with van der Waals surface area (Å²) in [6.45, 7) is 7.47. The van der Waals surface area contributed by atoms with Crippen molar-refractivity contribution < 1.29 is 0 Å². The second kappa shape index (κ2) is 4.94. The maximum atomic E-state index is 9.05. The van der Waals surface area contributed by atoms with Crippen molar-refractivity contribution in [2.75, 3.05) is 13.1 Å². The Morgan fingerprint density at radius 3 is 2.62 bits per heavy atom. The molecule has 3 nitrogen and oxygen atoms in total. The van der Waals surface area contributed by atoms with Crippen LogP contribution in [0.15, 0.2) is 0 Å². The van der Waals surface area contributed by atoms with Crippen LogP contribution in [0.4, 0.5) is 0 Å². The van der Waals surface area contributed by atoms with Gasteiger partial charge in [0, 0.05) is 0 Å². The molecule has 0 atom stereocenters. The van der Waals surface area contributed by atoms with Gasteiger partial charge < -0.3 is 0 Å². The molecule has 1 fully saturated rings. The molecule has 2 heterocycles. The number of nitriles is 1. The van der Waals surface area contributed by atoms with Crippen LogP contribution in [0.2, 0.25) is 0 Å². The number of hydrogen-bond donors (Lipinski definition) is 0. The van der Waals surface area contributed by atoms with E-state index in [2.05, 4.69) is 29.8 Å². The zero-order chi connectivity index (χ0) is 11.5. The Balaban J connectivity index is 2.13. The van der Waals surface area contributed by atoms with Crippen molar-refractivity contribution in [2.24, 2.45) is 0 Å². The standard InChI is InChI=1S/C12H17N3S/c1-9(2)12-10(7-13)16-11(14-12)8-15-5-3-4-6-15/h9H,3-6,8H2,1-2H3. The molecule has 1 aliphatic heterocycles. The van der Waals surface area contributed by atoms with Crippen molar-refractivity contribution in [2.45, 2.75) is 39.2 Å². The van der Waals surface area contributed by atoms with E-state index in [1.165, 1.54) is 25.9 Å². The third kappa shape index (κ3) is 2.42. The van der Waals surface area contributed by atoms with E-state index in [-0.39, 0.29) is 0 Å². The van der Waals surface area contributed by atoms with Gasteiger partial charge in [-0.25, -0.2) is 4.98 Å². The molecule has 16 heavy (non-hydrogen) atoms. The van der Waals surface area contributed by atoms with Gasteiger partial charge in [0.25, 0.3) is 0 Å². The lowest BCUT2D eigenvalue weighted by atomic mass is 10.1. The molecule has 4 heteroatoms. The summed E-state index contributed by atoms with van der Waals surface area (Å²) in [6, 6.07) is 2.26. The predicted molar refractivity (Wildman–Crippen MR) is 65.4 cm³/mol. The first-order chi connectivity index (χ1) is 7.70. The molecule has 0 spiro atoms. The molecule has 1 saturated heterocycles. The summed E-state index contributed by atoms with van der Waals surface area (Å²) in [5, 5.41) is 10.1. The summed E-state index contributed by atoms with van der Waals surface area (Å²) in [6.07, 6.45) is 2.60. The van der Waals surface area contributed by atoms with Gasteiger partial charge in [-0.15, -0.1) is 11.3 Å². The highest BCUT2D eigenvalue weighted by Crippen LogP contribution is 2.25. The summed E-state index contributed by atoms with van der Waals surface area (Å²) in [5.74, 6) is 0.346. The van der Waals surface area contributed by atoms with Gasteiger partial charge in [-0.2, -0.15) is 5.26 Å². The molecule has 1 aromatic heterocycles. The Hall–Kier alpha value is -0.920. The van der Waals surface area contributed by atoms with Gasteiger partial charge in [0.1, 0.15) is 16.0 Å². The molecule has 1 aliphatic rings. The first-order valence-corrected chi connectivity index (χ1v) is 6.64. The molecule has 0 unspecified atom stereocenters. The lowest BCUT2D eigenvalue weighted by Gasteiger charge is -2.11. The lowest BCUT2D eigenvalue weighted by molar-refractivity contribution is 0.330. The molecule has 0 aliphatic carbocycles. The fourth-order valence-electron chi connectivity index (χ4n) is 2.05. The second-order valence-corrected chi connectivity index (χ2v) is 5.66. The van der Waals surface area contributed by atoms with E-state index < -0.39 is 0 Å². The van der Waals surface area contributed by atoms with Crippen molar-refractivity contribution in [1.29, 1.82) is 5.26 Å². The molecule has 0 radical (unpaired) electrons. The van der Waals surface area contributed by atoms with E-state index in [1.54, 1.807) is 11.3 Å². The van der Waals surface area contributed by atoms with Crippen molar-refractivity contribution in [1.82, 2.24) is 9.88 Å². The monoisotopic (exact) mass is 235 g/mol. The van der Waals surface area contributed by atoms with Crippen molar-refractivity contribution in [3.8, 4) is 6.07 Å². The third-order valence-electron chi connectivity index (χ3n) is 2.90. The summed E-state index contributed by atoms with van der Waals surface area (Å²) >= 11 is 1.56. The van der Waals surface area contributed by atoms with Gasteiger partial charge in [-0.1, -0.05) is 13.8 Å². The van der Waals surface area contributed by atoms with Gasteiger partial charge in [0.05, 0.1) is 12.2 Å². The van der Waals surface area contributed by atoms with E-state index in [1.807, 2.05) is 0 Å². The van der Waals surface area contributed by atoms with E-state index in [4.69, 9.17) is 5.26 Å². The molecule has 1 aromatic rings. The normalized spacial score (nSPS) is 16.9. The van der Waals surface area contributed by atoms with Crippen LogP contribution < -0.4 is 0 Å². The minimum Gasteiger partial charge on any atom is -0.297 e. The van der Waals surface area contributed by atoms with Crippen LogP contribution in [0.5, 0.6) is 0 Å². The Morgan fingerprint density at radius 2 is 2.12 bits per heavy atom. The highest BCUT2D eigenvalue weighted by Gasteiger charge is 2.17. The summed E-state index contributed by atoms with van der Waals surface area (Å²) in [4.78, 5) is 7.81. The van der Waals surface area contributed by atoms with Crippen LogP contribution >= 0.6 is 11.3 Å². The van der Waals surface area contributed by atoms with E-state index in [0.717, 1.165) is 22.1 Å². The molecule has 86 valence electrons. The molecule has 2 rings (SSSR count). The zero-order valence-electron chi connectivity index (χ0n) is 9.86. The summed E-state index contributed by atoms with van der Waals surface area (Å²) in [5.41, 5.74) is 0.974. The first kappa shape index (κ1) is 11.6. The summed E-state index contributed by atoms with van der Waals surface area (Å²) < 4.78 is 0. The third-order valence-corrected chi connectivity index (χ3v) is 3.86. The average Bonchev–Trinajstić information content (AvgIpc) is 2.87. The quantitative estimate of drug-likeness (QED) is 0.808. The Kier molecular flexibility index (Phi) is 3.57. The number of likely N-dealkylation sites (tertiary alicyclic amines) is 1. The van der Waals surface area contributed by atoms with Gasteiger partial charge in [-0.05, 0) is 31.8 Å². The summed E-state index contributed by atoms with van der Waals surface area (Å²) in [7, 11) is 0. The predicted octanol–water partition coefficient (Wildman–Crippen LogP) is 2.73.